The van der Waals surface area contributed by atoms with Gasteiger partial charge in [-0.1, -0.05) is 0 Å². The molecule has 1 N–H and O–H groups in total. The predicted molar refractivity (Wildman–Crippen MR) is 82.6 cm³/mol. The number of hydrogen-bond donors (Lipinski definition) is 1. The molecular formula is C14H16N6S. The van der Waals surface area contributed by atoms with Gasteiger partial charge in [-0.15, -0.1) is 21.5 Å². The van der Waals surface area contributed by atoms with Gasteiger partial charge in [0, 0.05) is 18.0 Å². The summed E-state index contributed by atoms with van der Waals surface area (Å²) in [5.41, 5.74) is 1.47. The highest BCUT2D eigenvalue weighted by atomic mass is 32.1. The minimum atomic E-state index is 0.800. The standard InChI is InChI=1S/C14H16N6S/c1-2-4-11-10(3-1)12-13(16-7-17-14(12)21-11)15-5-6-20-8-18-19-9-20/h7-9H,1-6H2,(H,15,16,17). The molecule has 0 saturated carbocycles. The molecule has 4 rings (SSSR count). The van der Waals surface area contributed by atoms with Gasteiger partial charge in [-0.05, 0) is 31.2 Å². The summed E-state index contributed by atoms with van der Waals surface area (Å²) in [5, 5.41) is 12.3. The van der Waals surface area contributed by atoms with Crippen LogP contribution in [0.3, 0.4) is 0 Å². The van der Waals surface area contributed by atoms with Crippen molar-refractivity contribution in [2.24, 2.45) is 0 Å². The van der Waals surface area contributed by atoms with Crippen LogP contribution in [0.25, 0.3) is 10.2 Å². The predicted octanol–water partition coefficient (Wildman–Crippen LogP) is 2.27. The number of aryl methyl sites for hydroxylation is 2. The fourth-order valence-corrected chi connectivity index (χ4v) is 4.09. The van der Waals surface area contributed by atoms with Crippen molar-refractivity contribution in [1.29, 1.82) is 0 Å². The van der Waals surface area contributed by atoms with E-state index >= 15 is 0 Å². The Morgan fingerprint density at radius 3 is 2.90 bits per heavy atom. The van der Waals surface area contributed by atoms with Crippen molar-refractivity contribution < 1.29 is 0 Å². The minimum Gasteiger partial charge on any atom is -0.368 e. The van der Waals surface area contributed by atoms with Crippen LogP contribution < -0.4 is 5.32 Å². The van der Waals surface area contributed by atoms with Crippen LogP contribution in [-0.2, 0) is 19.4 Å². The van der Waals surface area contributed by atoms with Crippen LogP contribution in [0.4, 0.5) is 5.82 Å². The zero-order valence-electron chi connectivity index (χ0n) is 11.6. The lowest BCUT2D eigenvalue weighted by molar-refractivity contribution is 0.700. The second-order valence-electron chi connectivity index (χ2n) is 5.24. The maximum atomic E-state index is 4.45. The van der Waals surface area contributed by atoms with Crippen molar-refractivity contribution in [3.63, 3.8) is 0 Å². The molecule has 0 spiro atoms. The van der Waals surface area contributed by atoms with Gasteiger partial charge in [0.2, 0.25) is 0 Å². The summed E-state index contributed by atoms with van der Waals surface area (Å²) in [7, 11) is 0. The molecule has 1 aliphatic rings. The SMILES string of the molecule is c1nc(NCCn2cnnc2)c2c3c(sc2n1)CCCC3. The molecule has 0 atom stereocenters. The Balaban J connectivity index is 1.60. The maximum Gasteiger partial charge on any atom is 0.138 e. The number of aromatic nitrogens is 5. The van der Waals surface area contributed by atoms with E-state index in [2.05, 4.69) is 25.5 Å². The molecule has 108 valence electrons. The Bertz CT molecular complexity index is 748. The summed E-state index contributed by atoms with van der Waals surface area (Å²) in [4.78, 5) is 11.5. The lowest BCUT2D eigenvalue weighted by Crippen LogP contribution is -2.11. The van der Waals surface area contributed by atoms with Gasteiger partial charge in [-0.3, -0.25) is 0 Å². The summed E-state index contributed by atoms with van der Waals surface area (Å²) < 4.78 is 1.95. The average Bonchev–Trinajstić information content (AvgIpc) is 3.14. The van der Waals surface area contributed by atoms with Gasteiger partial charge in [0.1, 0.15) is 29.6 Å². The largest absolute Gasteiger partial charge is 0.368 e. The molecular weight excluding hydrogens is 284 g/mol. The van der Waals surface area contributed by atoms with E-state index < -0.39 is 0 Å². The van der Waals surface area contributed by atoms with E-state index in [0.717, 1.165) is 30.2 Å². The second-order valence-corrected chi connectivity index (χ2v) is 6.32. The monoisotopic (exact) mass is 300 g/mol. The zero-order chi connectivity index (χ0) is 14.1. The number of nitrogens with one attached hydrogen (secondary N) is 1. The highest BCUT2D eigenvalue weighted by molar-refractivity contribution is 7.19. The maximum absolute atomic E-state index is 4.45. The smallest absolute Gasteiger partial charge is 0.138 e. The van der Waals surface area contributed by atoms with Crippen LogP contribution in [-0.4, -0.2) is 31.3 Å². The van der Waals surface area contributed by atoms with Crippen LogP contribution in [0.5, 0.6) is 0 Å². The van der Waals surface area contributed by atoms with Crippen LogP contribution >= 0.6 is 11.3 Å². The van der Waals surface area contributed by atoms with Gasteiger partial charge in [-0.2, -0.15) is 0 Å². The van der Waals surface area contributed by atoms with Crippen molar-refractivity contribution in [1.82, 2.24) is 24.7 Å². The first-order valence-electron chi connectivity index (χ1n) is 7.23. The number of fused-ring (bicyclic) bond motifs is 3. The van der Waals surface area contributed by atoms with Gasteiger partial charge < -0.3 is 9.88 Å². The fourth-order valence-electron chi connectivity index (χ4n) is 2.87. The highest BCUT2D eigenvalue weighted by Crippen LogP contribution is 2.37. The van der Waals surface area contributed by atoms with Crippen molar-refractivity contribution in [2.75, 3.05) is 11.9 Å². The van der Waals surface area contributed by atoms with E-state index in [9.17, 15) is 0 Å². The number of rotatable bonds is 4. The minimum absolute atomic E-state index is 0.800. The Morgan fingerprint density at radius 1 is 1.14 bits per heavy atom. The van der Waals surface area contributed by atoms with E-state index in [1.807, 2.05) is 15.9 Å². The molecule has 0 aliphatic heterocycles. The van der Waals surface area contributed by atoms with E-state index in [0.29, 0.717) is 0 Å². The summed E-state index contributed by atoms with van der Waals surface area (Å²) in [6.45, 7) is 1.62. The van der Waals surface area contributed by atoms with Gasteiger partial charge in [0.15, 0.2) is 0 Å². The summed E-state index contributed by atoms with van der Waals surface area (Å²) >= 11 is 1.83. The fraction of sp³-hybridized carbons (Fsp3) is 0.429. The van der Waals surface area contributed by atoms with Gasteiger partial charge >= 0.3 is 0 Å². The van der Waals surface area contributed by atoms with E-state index in [-0.39, 0.29) is 0 Å². The molecule has 0 radical (unpaired) electrons. The molecule has 0 saturated heterocycles. The lowest BCUT2D eigenvalue weighted by Gasteiger charge is -2.12. The Labute approximate surface area is 126 Å². The zero-order valence-corrected chi connectivity index (χ0v) is 12.4. The molecule has 7 heteroatoms. The molecule has 21 heavy (non-hydrogen) atoms. The van der Waals surface area contributed by atoms with Crippen LogP contribution in [0.1, 0.15) is 23.3 Å². The molecule has 0 amide bonds. The van der Waals surface area contributed by atoms with Gasteiger partial charge in [0.25, 0.3) is 0 Å². The normalized spacial score (nSPS) is 14.3. The van der Waals surface area contributed by atoms with E-state index in [4.69, 9.17) is 0 Å². The van der Waals surface area contributed by atoms with Crippen LogP contribution in [0, 0.1) is 0 Å². The molecule has 3 aromatic heterocycles. The Morgan fingerprint density at radius 2 is 2.00 bits per heavy atom. The van der Waals surface area contributed by atoms with Gasteiger partial charge in [-0.25, -0.2) is 9.97 Å². The second kappa shape index (κ2) is 5.40. The van der Waals surface area contributed by atoms with Crippen LogP contribution in [0.2, 0.25) is 0 Å². The third-order valence-corrected chi connectivity index (χ3v) is 5.08. The number of hydrogen-bond acceptors (Lipinski definition) is 6. The first kappa shape index (κ1) is 12.7. The molecule has 6 nitrogen and oxygen atoms in total. The lowest BCUT2D eigenvalue weighted by atomic mass is 9.97. The van der Waals surface area contributed by atoms with E-state index in [1.165, 1.54) is 35.1 Å². The number of anilines is 1. The van der Waals surface area contributed by atoms with E-state index in [1.54, 1.807) is 19.0 Å². The summed E-state index contributed by atoms with van der Waals surface area (Å²) in [5.74, 6) is 0.965. The molecule has 1 aliphatic carbocycles. The molecule has 0 unspecified atom stereocenters. The molecule has 0 fully saturated rings. The molecule has 3 heterocycles. The van der Waals surface area contributed by atoms with Crippen molar-refractivity contribution >= 4 is 27.4 Å². The van der Waals surface area contributed by atoms with Crippen molar-refractivity contribution in [2.45, 2.75) is 32.2 Å². The number of nitrogens with zero attached hydrogens (tertiary/aromatic N) is 5. The summed E-state index contributed by atoms with van der Waals surface area (Å²) in [6.07, 6.45) is 10.0. The third kappa shape index (κ3) is 2.37. The van der Waals surface area contributed by atoms with Crippen LogP contribution in [0.15, 0.2) is 19.0 Å². The van der Waals surface area contributed by atoms with Crippen molar-refractivity contribution in [3.8, 4) is 0 Å². The third-order valence-electron chi connectivity index (χ3n) is 3.88. The molecule has 0 bridgehead atoms. The Kier molecular flexibility index (Phi) is 3.27. The quantitative estimate of drug-likeness (QED) is 0.800. The first-order chi connectivity index (χ1) is 10.4. The van der Waals surface area contributed by atoms with Gasteiger partial charge in [0.05, 0.1) is 5.39 Å². The first-order valence-corrected chi connectivity index (χ1v) is 8.05. The topological polar surface area (TPSA) is 68.5 Å². The summed E-state index contributed by atoms with van der Waals surface area (Å²) in [6, 6.07) is 0. The average molecular weight is 300 g/mol. The van der Waals surface area contributed by atoms with Crippen molar-refractivity contribution in [3.05, 3.63) is 29.4 Å². The molecule has 3 aromatic rings. The Hall–Kier alpha value is -2.02. The highest BCUT2D eigenvalue weighted by Gasteiger charge is 2.19. The molecule has 0 aromatic carbocycles. The number of thiophene rings is 1.